The summed E-state index contributed by atoms with van der Waals surface area (Å²) < 4.78 is 2.28. The monoisotopic (exact) mass is 299 g/mol. The van der Waals surface area contributed by atoms with E-state index in [4.69, 9.17) is 4.98 Å². The molecule has 5 nitrogen and oxygen atoms in total. The molecule has 0 amide bonds. The Morgan fingerprint density at radius 3 is 2.59 bits per heavy atom. The lowest BCUT2D eigenvalue weighted by atomic mass is 10.2. The topological polar surface area (TPSA) is 36.3 Å². The molecule has 0 unspecified atom stereocenters. The fourth-order valence-electron chi connectivity index (χ4n) is 2.75. The third-order valence-corrected chi connectivity index (χ3v) is 4.20. The second-order valence-corrected chi connectivity index (χ2v) is 5.76. The SMILES string of the molecule is CCN(C)c1cn(Cc2ccccc2)c(N2CCNCC2)n1. The lowest BCUT2D eigenvalue weighted by Crippen LogP contribution is -2.44. The average Bonchev–Trinajstić information content (AvgIpc) is 3.00. The van der Waals surface area contributed by atoms with E-state index in [1.807, 2.05) is 0 Å². The largest absolute Gasteiger partial charge is 0.359 e. The number of rotatable bonds is 5. The van der Waals surface area contributed by atoms with Crippen LogP contribution in [0.25, 0.3) is 0 Å². The summed E-state index contributed by atoms with van der Waals surface area (Å²) in [4.78, 5) is 9.46. The van der Waals surface area contributed by atoms with Crippen molar-refractivity contribution in [1.29, 1.82) is 0 Å². The van der Waals surface area contributed by atoms with Crippen molar-refractivity contribution in [2.45, 2.75) is 13.5 Å². The van der Waals surface area contributed by atoms with Gasteiger partial charge in [0.2, 0.25) is 5.95 Å². The fraction of sp³-hybridized carbons (Fsp3) is 0.471. The summed E-state index contributed by atoms with van der Waals surface area (Å²) in [6.45, 7) is 8.06. The van der Waals surface area contributed by atoms with E-state index in [1.54, 1.807) is 0 Å². The van der Waals surface area contributed by atoms with Crippen LogP contribution in [-0.4, -0.2) is 49.3 Å². The lowest BCUT2D eigenvalue weighted by molar-refractivity contribution is 0.570. The van der Waals surface area contributed by atoms with Crippen molar-refractivity contribution < 1.29 is 0 Å². The first-order valence-corrected chi connectivity index (χ1v) is 8.06. The highest BCUT2D eigenvalue weighted by atomic mass is 15.4. The number of nitrogens with zero attached hydrogens (tertiary/aromatic N) is 4. The molecule has 0 atom stereocenters. The van der Waals surface area contributed by atoms with Crippen molar-refractivity contribution in [1.82, 2.24) is 14.9 Å². The summed E-state index contributed by atoms with van der Waals surface area (Å²) in [6.07, 6.45) is 2.17. The minimum absolute atomic E-state index is 0.866. The van der Waals surface area contributed by atoms with Crippen LogP contribution in [0.15, 0.2) is 36.5 Å². The Labute approximate surface area is 132 Å². The summed E-state index contributed by atoms with van der Waals surface area (Å²) in [5.41, 5.74) is 1.31. The maximum absolute atomic E-state index is 4.89. The standard InChI is InChI=1S/C17H25N5/c1-3-20(2)16-14-22(13-15-7-5-4-6-8-15)17(19-16)21-11-9-18-10-12-21/h4-8,14,18H,3,9-13H2,1-2H3. The molecule has 1 aromatic carbocycles. The Kier molecular flexibility index (Phi) is 4.63. The molecule has 1 aliphatic heterocycles. The number of aromatic nitrogens is 2. The molecule has 0 radical (unpaired) electrons. The molecule has 0 aliphatic carbocycles. The van der Waals surface area contributed by atoms with Gasteiger partial charge in [-0.3, -0.25) is 0 Å². The first kappa shape index (κ1) is 14.9. The van der Waals surface area contributed by atoms with Crippen molar-refractivity contribution in [3.05, 3.63) is 42.1 Å². The van der Waals surface area contributed by atoms with Gasteiger partial charge in [0.05, 0.1) is 12.7 Å². The van der Waals surface area contributed by atoms with Gasteiger partial charge in [0.1, 0.15) is 5.82 Å². The van der Waals surface area contributed by atoms with E-state index in [2.05, 4.69) is 70.2 Å². The zero-order chi connectivity index (χ0) is 15.4. The smallest absolute Gasteiger partial charge is 0.207 e. The number of imidazole rings is 1. The summed E-state index contributed by atoms with van der Waals surface area (Å²) in [5, 5.41) is 3.41. The molecule has 5 heteroatoms. The van der Waals surface area contributed by atoms with Crippen LogP contribution in [0.1, 0.15) is 12.5 Å². The molecule has 0 saturated carbocycles. The number of anilines is 2. The van der Waals surface area contributed by atoms with Gasteiger partial charge in [-0.25, -0.2) is 0 Å². The number of nitrogens with one attached hydrogen (secondary N) is 1. The highest BCUT2D eigenvalue weighted by Crippen LogP contribution is 2.22. The first-order valence-electron chi connectivity index (χ1n) is 8.06. The van der Waals surface area contributed by atoms with Gasteiger partial charge in [0.25, 0.3) is 0 Å². The summed E-state index contributed by atoms with van der Waals surface area (Å²) >= 11 is 0. The molecule has 1 aliphatic rings. The molecule has 0 bridgehead atoms. The van der Waals surface area contributed by atoms with Crippen LogP contribution in [0.2, 0.25) is 0 Å². The van der Waals surface area contributed by atoms with Gasteiger partial charge in [-0.15, -0.1) is 0 Å². The van der Waals surface area contributed by atoms with Gasteiger partial charge in [0.15, 0.2) is 0 Å². The van der Waals surface area contributed by atoms with Crippen LogP contribution < -0.4 is 15.1 Å². The third-order valence-electron chi connectivity index (χ3n) is 4.20. The molecule has 1 fully saturated rings. The lowest BCUT2D eigenvalue weighted by Gasteiger charge is -2.28. The minimum Gasteiger partial charge on any atom is -0.359 e. The van der Waals surface area contributed by atoms with Gasteiger partial charge >= 0.3 is 0 Å². The highest BCUT2D eigenvalue weighted by Gasteiger charge is 2.18. The maximum atomic E-state index is 4.89. The predicted molar refractivity (Wildman–Crippen MR) is 91.8 cm³/mol. The molecule has 1 N–H and O–H groups in total. The Morgan fingerprint density at radius 1 is 1.18 bits per heavy atom. The zero-order valence-electron chi connectivity index (χ0n) is 13.5. The molecule has 3 rings (SSSR count). The molecule has 0 spiro atoms. The number of hydrogen-bond donors (Lipinski definition) is 1. The number of piperazine rings is 1. The molecule has 118 valence electrons. The van der Waals surface area contributed by atoms with E-state index in [0.29, 0.717) is 0 Å². The number of hydrogen-bond acceptors (Lipinski definition) is 4. The first-order chi connectivity index (χ1) is 10.8. The Hall–Kier alpha value is -2.01. The van der Waals surface area contributed by atoms with E-state index in [0.717, 1.165) is 51.0 Å². The minimum atomic E-state index is 0.866. The van der Waals surface area contributed by atoms with Gasteiger partial charge in [-0.05, 0) is 12.5 Å². The van der Waals surface area contributed by atoms with Crippen molar-refractivity contribution in [3.63, 3.8) is 0 Å². The van der Waals surface area contributed by atoms with E-state index in [-0.39, 0.29) is 0 Å². The maximum Gasteiger partial charge on any atom is 0.207 e. The van der Waals surface area contributed by atoms with Crippen molar-refractivity contribution >= 4 is 11.8 Å². The van der Waals surface area contributed by atoms with Crippen LogP contribution in [0.4, 0.5) is 11.8 Å². The van der Waals surface area contributed by atoms with Crippen LogP contribution in [0.3, 0.4) is 0 Å². The molecule has 22 heavy (non-hydrogen) atoms. The zero-order valence-corrected chi connectivity index (χ0v) is 13.5. The van der Waals surface area contributed by atoms with Crippen LogP contribution in [0, 0.1) is 0 Å². The van der Waals surface area contributed by atoms with Crippen LogP contribution in [0.5, 0.6) is 0 Å². The predicted octanol–water partition coefficient (Wildman–Crippen LogP) is 1.80. The van der Waals surface area contributed by atoms with Gasteiger partial charge in [-0.2, -0.15) is 4.98 Å². The quantitative estimate of drug-likeness (QED) is 0.913. The van der Waals surface area contributed by atoms with Gasteiger partial charge in [0, 0.05) is 39.8 Å². The van der Waals surface area contributed by atoms with Gasteiger partial charge < -0.3 is 19.7 Å². The third kappa shape index (κ3) is 3.25. The summed E-state index contributed by atoms with van der Waals surface area (Å²) in [7, 11) is 2.09. The molecule has 2 heterocycles. The molecular formula is C17H25N5. The highest BCUT2D eigenvalue weighted by molar-refractivity contribution is 5.46. The second-order valence-electron chi connectivity index (χ2n) is 5.76. The average molecular weight is 299 g/mol. The Morgan fingerprint density at radius 2 is 1.91 bits per heavy atom. The fourth-order valence-corrected chi connectivity index (χ4v) is 2.75. The molecule has 2 aromatic rings. The van der Waals surface area contributed by atoms with E-state index in [1.165, 1.54) is 5.56 Å². The van der Waals surface area contributed by atoms with Crippen LogP contribution >= 0.6 is 0 Å². The summed E-state index contributed by atoms with van der Waals surface area (Å²) in [6, 6.07) is 10.6. The Balaban J connectivity index is 1.89. The normalized spacial score (nSPS) is 15.1. The van der Waals surface area contributed by atoms with E-state index in [9.17, 15) is 0 Å². The molecular weight excluding hydrogens is 274 g/mol. The van der Waals surface area contributed by atoms with E-state index >= 15 is 0 Å². The van der Waals surface area contributed by atoms with Crippen molar-refractivity contribution in [2.75, 3.05) is 49.6 Å². The molecule has 1 saturated heterocycles. The summed E-state index contributed by atoms with van der Waals surface area (Å²) in [5.74, 6) is 2.13. The second kappa shape index (κ2) is 6.83. The van der Waals surface area contributed by atoms with Crippen molar-refractivity contribution in [3.8, 4) is 0 Å². The van der Waals surface area contributed by atoms with E-state index < -0.39 is 0 Å². The number of benzene rings is 1. The van der Waals surface area contributed by atoms with Crippen molar-refractivity contribution in [2.24, 2.45) is 0 Å². The molecule has 1 aromatic heterocycles. The van der Waals surface area contributed by atoms with Crippen LogP contribution in [-0.2, 0) is 6.54 Å². The Bertz CT molecular complexity index is 586. The van der Waals surface area contributed by atoms with Gasteiger partial charge in [-0.1, -0.05) is 30.3 Å².